The van der Waals surface area contributed by atoms with Gasteiger partial charge in [-0.05, 0) is 50.3 Å². The number of nitrogens with zero attached hydrogens (tertiary/aromatic N) is 1. The Bertz CT molecular complexity index is 768. The maximum Gasteiger partial charge on any atom is 0.251 e. The number of hydrogen-bond acceptors (Lipinski definition) is 4. The van der Waals surface area contributed by atoms with Gasteiger partial charge >= 0.3 is 0 Å². The van der Waals surface area contributed by atoms with Gasteiger partial charge in [0.15, 0.2) is 0 Å². The van der Waals surface area contributed by atoms with Crippen LogP contribution in [0.4, 0.5) is 0 Å². The highest BCUT2D eigenvalue weighted by atomic mass is 35.5. The van der Waals surface area contributed by atoms with Gasteiger partial charge in [0.05, 0.1) is 4.90 Å². The lowest BCUT2D eigenvalue weighted by molar-refractivity contribution is 0.0923. The molecule has 0 aliphatic carbocycles. The molecular formula is C19H30ClN3O3S. The number of carbonyl (C=O) groups is 1. The molecule has 1 aromatic rings. The second kappa shape index (κ2) is 8.90. The van der Waals surface area contributed by atoms with Gasteiger partial charge in [0, 0.05) is 36.8 Å². The Hall–Kier alpha value is -1.15. The summed E-state index contributed by atoms with van der Waals surface area (Å²) in [6.07, 6.45) is 4.24. The van der Waals surface area contributed by atoms with Gasteiger partial charge in [-0.15, -0.1) is 12.4 Å². The highest BCUT2D eigenvalue weighted by Crippen LogP contribution is 2.27. The van der Waals surface area contributed by atoms with Crippen molar-refractivity contribution in [2.75, 3.05) is 13.1 Å². The first-order valence-electron chi connectivity index (χ1n) is 9.52. The molecule has 3 rings (SSSR count). The number of carbonyl (C=O) groups excluding carboxylic acids is 1. The molecule has 2 atom stereocenters. The highest BCUT2D eigenvalue weighted by Gasteiger charge is 2.34. The zero-order valence-corrected chi connectivity index (χ0v) is 17.8. The van der Waals surface area contributed by atoms with Crippen LogP contribution in [0.1, 0.15) is 55.5 Å². The topological polar surface area (TPSA) is 78.5 Å². The number of hydrogen-bond donors (Lipinski definition) is 2. The summed E-state index contributed by atoms with van der Waals surface area (Å²) in [5.41, 5.74) is 1.07. The van der Waals surface area contributed by atoms with Gasteiger partial charge in [0.1, 0.15) is 0 Å². The van der Waals surface area contributed by atoms with Crippen LogP contribution in [0.3, 0.4) is 0 Å². The minimum absolute atomic E-state index is 0. The molecule has 2 aliphatic rings. The fourth-order valence-corrected chi connectivity index (χ4v) is 5.87. The largest absolute Gasteiger partial charge is 0.349 e. The number of amides is 1. The van der Waals surface area contributed by atoms with Crippen LogP contribution in [0.2, 0.25) is 0 Å². The number of sulfonamides is 1. The Morgan fingerprint density at radius 1 is 1.19 bits per heavy atom. The van der Waals surface area contributed by atoms with Gasteiger partial charge in [-0.2, -0.15) is 4.31 Å². The zero-order chi connectivity index (χ0) is 18.9. The fraction of sp³-hybridized carbons (Fsp3) is 0.632. The molecule has 152 valence electrons. The average Bonchev–Trinajstić information content (AvgIpc) is 2.94. The predicted octanol–water partition coefficient (Wildman–Crippen LogP) is 2.46. The second-order valence-corrected chi connectivity index (χ2v) is 9.26. The summed E-state index contributed by atoms with van der Waals surface area (Å²) in [6, 6.07) is 6.10. The van der Waals surface area contributed by atoms with Crippen LogP contribution in [0.15, 0.2) is 23.1 Å². The monoisotopic (exact) mass is 415 g/mol. The van der Waals surface area contributed by atoms with Crippen molar-refractivity contribution < 1.29 is 13.2 Å². The van der Waals surface area contributed by atoms with E-state index in [0.717, 1.165) is 12.8 Å². The minimum Gasteiger partial charge on any atom is -0.349 e. The maximum atomic E-state index is 12.9. The van der Waals surface area contributed by atoms with Crippen molar-refractivity contribution in [2.45, 2.75) is 69.5 Å². The van der Waals surface area contributed by atoms with Crippen molar-refractivity contribution in [3.8, 4) is 0 Å². The number of halogens is 1. The number of fused-ring (bicyclic) bond motifs is 2. The predicted molar refractivity (Wildman–Crippen MR) is 109 cm³/mol. The molecule has 2 fully saturated rings. The molecule has 0 aromatic heterocycles. The smallest absolute Gasteiger partial charge is 0.251 e. The molecule has 27 heavy (non-hydrogen) atoms. The van der Waals surface area contributed by atoms with Gasteiger partial charge in [-0.3, -0.25) is 4.79 Å². The molecule has 1 aromatic carbocycles. The van der Waals surface area contributed by atoms with E-state index < -0.39 is 10.0 Å². The number of nitrogens with one attached hydrogen (secondary N) is 2. The third kappa shape index (κ3) is 4.65. The normalized spacial score (nSPS) is 24.5. The van der Waals surface area contributed by atoms with Crippen molar-refractivity contribution in [3.05, 3.63) is 29.3 Å². The van der Waals surface area contributed by atoms with E-state index in [-0.39, 0.29) is 29.3 Å². The van der Waals surface area contributed by atoms with E-state index in [4.69, 9.17) is 0 Å². The lowest BCUT2D eigenvalue weighted by atomic mass is 9.99. The van der Waals surface area contributed by atoms with Gasteiger partial charge < -0.3 is 10.6 Å². The van der Waals surface area contributed by atoms with E-state index in [1.807, 2.05) is 13.8 Å². The molecular weight excluding hydrogens is 386 g/mol. The Morgan fingerprint density at radius 3 is 2.33 bits per heavy atom. The van der Waals surface area contributed by atoms with Crippen LogP contribution in [0.25, 0.3) is 0 Å². The Kier molecular flexibility index (Phi) is 7.30. The molecule has 6 nitrogen and oxygen atoms in total. The van der Waals surface area contributed by atoms with E-state index >= 15 is 0 Å². The first-order chi connectivity index (χ1) is 12.3. The third-order valence-electron chi connectivity index (χ3n) is 5.58. The van der Waals surface area contributed by atoms with E-state index in [2.05, 4.69) is 10.6 Å². The maximum absolute atomic E-state index is 12.9. The number of aryl methyl sites for hydroxylation is 1. The Morgan fingerprint density at radius 2 is 1.78 bits per heavy atom. The quantitative estimate of drug-likeness (QED) is 0.748. The summed E-state index contributed by atoms with van der Waals surface area (Å²) in [5, 5.41) is 6.66. The van der Waals surface area contributed by atoms with E-state index in [9.17, 15) is 13.2 Å². The van der Waals surface area contributed by atoms with E-state index in [1.54, 1.807) is 19.1 Å². The molecule has 2 saturated heterocycles. The molecule has 0 spiro atoms. The fourth-order valence-electron chi connectivity index (χ4n) is 4.17. The van der Waals surface area contributed by atoms with Crippen LogP contribution in [0, 0.1) is 6.92 Å². The van der Waals surface area contributed by atoms with Gasteiger partial charge in [0.2, 0.25) is 10.0 Å². The molecule has 0 saturated carbocycles. The molecule has 1 amide bonds. The molecule has 2 bridgehead atoms. The standard InChI is InChI=1S/C19H29N3O3S.ClH/c1-4-22(5-2)26(24,25)18-10-14(7-6-13(18)3)19(23)21-17-11-15-8-9-16(12-17)20-15;/h6-7,10,15-17,20H,4-5,8-9,11-12H2,1-3H3,(H,21,23);1H. The summed E-state index contributed by atoms with van der Waals surface area (Å²) in [5.74, 6) is -0.188. The molecule has 0 radical (unpaired) electrons. The van der Waals surface area contributed by atoms with Crippen LogP contribution < -0.4 is 10.6 Å². The van der Waals surface area contributed by atoms with Crippen molar-refractivity contribution in [1.82, 2.24) is 14.9 Å². The van der Waals surface area contributed by atoms with Crippen molar-refractivity contribution >= 4 is 28.3 Å². The number of benzene rings is 1. The SMILES string of the molecule is CCN(CC)S(=O)(=O)c1cc(C(=O)NC2CC3CCC(C2)N3)ccc1C.Cl. The van der Waals surface area contributed by atoms with Crippen LogP contribution in [-0.4, -0.2) is 49.8 Å². The van der Waals surface area contributed by atoms with Crippen molar-refractivity contribution in [3.63, 3.8) is 0 Å². The highest BCUT2D eigenvalue weighted by molar-refractivity contribution is 7.89. The van der Waals surface area contributed by atoms with Crippen LogP contribution >= 0.6 is 12.4 Å². The van der Waals surface area contributed by atoms with Gasteiger partial charge in [-0.1, -0.05) is 19.9 Å². The van der Waals surface area contributed by atoms with E-state index in [1.165, 1.54) is 23.2 Å². The van der Waals surface area contributed by atoms with Crippen molar-refractivity contribution in [2.24, 2.45) is 0 Å². The van der Waals surface area contributed by atoms with Crippen LogP contribution in [-0.2, 0) is 10.0 Å². The summed E-state index contributed by atoms with van der Waals surface area (Å²) >= 11 is 0. The van der Waals surface area contributed by atoms with Gasteiger partial charge in [0.25, 0.3) is 5.91 Å². The number of rotatable bonds is 6. The van der Waals surface area contributed by atoms with Gasteiger partial charge in [-0.25, -0.2) is 8.42 Å². The number of piperidine rings is 1. The van der Waals surface area contributed by atoms with E-state index in [0.29, 0.717) is 36.3 Å². The second-order valence-electron chi connectivity index (χ2n) is 7.35. The summed E-state index contributed by atoms with van der Waals surface area (Å²) in [7, 11) is -3.59. The lowest BCUT2D eigenvalue weighted by Gasteiger charge is -2.29. The summed E-state index contributed by atoms with van der Waals surface area (Å²) in [6.45, 7) is 6.22. The lowest BCUT2D eigenvalue weighted by Crippen LogP contribution is -2.48. The Balaban J connectivity index is 0.00000261. The molecule has 2 N–H and O–H groups in total. The molecule has 2 unspecified atom stereocenters. The summed E-state index contributed by atoms with van der Waals surface area (Å²) < 4.78 is 27.1. The third-order valence-corrected chi connectivity index (χ3v) is 7.77. The minimum atomic E-state index is -3.59. The molecule has 2 aliphatic heterocycles. The first kappa shape index (κ1) is 22.1. The first-order valence-corrected chi connectivity index (χ1v) is 11.0. The molecule has 2 heterocycles. The Labute approximate surface area is 168 Å². The summed E-state index contributed by atoms with van der Waals surface area (Å²) in [4.78, 5) is 12.9. The molecule has 8 heteroatoms. The zero-order valence-electron chi connectivity index (χ0n) is 16.2. The average molecular weight is 416 g/mol. The van der Waals surface area contributed by atoms with Crippen LogP contribution in [0.5, 0.6) is 0 Å². The van der Waals surface area contributed by atoms with Crippen molar-refractivity contribution in [1.29, 1.82) is 0 Å².